The number of amides is 1. The molecule has 0 spiro atoms. The lowest BCUT2D eigenvalue weighted by Crippen LogP contribution is -2.63. The number of nitrogens with zero attached hydrogens (tertiary/aromatic N) is 1. The minimum absolute atomic E-state index is 0.117. The molecule has 6 heteroatoms. The third kappa shape index (κ3) is 2.03. The molecule has 0 unspecified atom stereocenters. The number of ether oxygens (including phenoxy) is 2. The third-order valence-corrected chi connectivity index (χ3v) is 3.87. The maximum Gasteiger partial charge on any atom is 0.254 e. The van der Waals surface area contributed by atoms with E-state index >= 15 is 0 Å². The molecule has 0 bridgehead atoms. The van der Waals surface area contributed by atoms with Crippen LogP contribution < -0.4 is 9.47 Å². The molecule has 1 saturated heterocycles. The van der Waals surface area contributed by atoms with Gasteiger partial charge in [0, 0.05) is 5.56 Å². The van der Waals surface area contributed by atoms with Crippen molar-refractivity contribution >= 4 is 17.5 Å². The van der Waals surface area contributed by atoms with Crippen LogP contribution in [0.2, 0.25) is 5.02 Å². The van der Waals surface area contributed by atoms with Gasteiger partial charge in [-0.15, -0.1) is 0 Å². The Kier molecular flexibility index (Phi) is 2.83. The first-order valence-corrected chi connectivity index (χ1v) is 6.51. The fourth-order valence-corrected chi connectivity index (χ4v) is 2.57. The van der Waals surface area contributed by atoms with Crippen LogP contribution in [-0.4, -0.2) is 41.4 Å². The van der Waals surface area contributed by atoms with Gasteiger partial charge in [0.1, 0.15) is 0 Å². The molecule has 5 nitrogen and oxygen atoms in total. The standard InChI is InChI=1S/C13H14ClNO4/c1-2-13(17)5-15(6-13)12(16)8-3-9(14)11-10(4-8)18-7-19-11/h3-4,17H,2,5-7H2,1H3. The van der Waals surface area contributed by atoms with Crippen LogP contribution in [0.4, 0.5) is 0 Å². The molecule has 2 heterocycles. The number of carbonyl (C=O) groups is 1. The van der Waals surface area contributed by atoms with E-state index < -0.39 is 5.60 Å². The van der Waals surface area contributed by atoms with Crippen molar-refractivity contribution in [1.82, 2.24) is 4.90 Å². The molecular formula is C13H14ClNO4. The highest BCUT2D eigenvalue weighted by Gasteiger charge is 2.42. The molecule has 0 saturated carbocycles. The molecule has 0 radical (unpaired) electrons. The lowest BCUT2D eigenvalue weighted by Gasteiger charge is -2.46. The van der Waals surface area contributed by atoms with E-state index in [1.807, 2.05) is 6.92 Å². The Bertz CT molecular complexity index is 540. The van der Waals surface area contributed by atoms with E-state index in [-0.39, 0.29) is 12.7 Å². The Labute approximate surface area is 115 Å². The second-order valence-electron chi connectivity index (χ2n) is 4.93. The van der Waals surface area contributed by atoms with Gasteiger partial charge in [-0.3, -0.25) is 4.79 Å². The van der Waals surface area contributed by atoms with E-state index in [1.54, 1.807) is 17.0 Å². The quantitative estimate of drug-likeness (QED) is 0.897. The molecule has 102 valence electrons. The summed E-state index contributed by atoms with van der Waals surface area (Å²) in [5, 5.41) is 10.3. The molecule has 1 aromatic rings. The first kappa shape index (κ1) is 12.6. The van der Waals surface area contributed by atoms with Gasteiger partial charge < -0.3 is 19.5 Å². The highest BCUT2D eigenvalue weighted by atomic mass is 35.5. The van der Waals surface area contributed by atoms with Gasteiger partial charge in [-0.1, -0.05) is 18.5 Å². The van der Waals surface area contributed by atoms with Crippen molar-refractivity contribution < 1.29 is 19.4 Å². The molecule has 1 N–H and O–H groups in total. The molecule has 1 amide bonds. The van der Waals surface area contributed by atoms with Gasteiger partial charge in [0.2, 0.25) is 6.79 Å². The number of likely N-dealkylation sites (tertiary alicyclic amines) is 1. The highest BCUT2D eigenvalue weighted by molar-refractivity contribution is 6.32. The summed E-state index contributed by atoms with van der Waals surface area (Å²) in [6.45, 7) is 2.73. The first-order valence-electron chi connectivity index (χ1n) is 6.13. The van der Waals surface area contributed by atoms with Crippen molar-refractivity contribution in [1.29, 1.82) is 0 Å². The lowest BCUT2D eigenvalue weighted by molar-refractivity contribution is -0.0826. The molecule has 1 aromatic carbocycles. The number of carbonyl (C=O) groups excluding carboxylic acids is 1. The number of fused-ring (bicyclic) bond motifs is 1. The largest absolute Gasteiger partial charge is 0.454 e. The van der Waals surface area contributed by atoms with Crippen LogP contribution in [0.1, 0.15) is 23.7 Å². The van der Waals surface area contributed by atoms with E-state index in [1.165, 1.54) is 0 Å². The monoisotopic (exact) mass is 283 g/mol. The van der Waals surface area contributed by atoms with Gasteiger partial charge in [-0.05, 0) is 18.6 Å². The number of rotatable bonds is 2. The Morgan fingerprint density at radius 2 is 2.21 bits per heavy atom. The van der Waals surface area contributed by atoms with Gasteiger partial charge in [-0.2, -0.15) is 0 Å². The Hall–Kier alpha value is -1.46. The van der Waals surface area contributed by atoms with E-state index in [9.17, 15) is 9.90 Å². The summed E-state index contributed by atoms with van der Waals surface area (Å²) < 4.78 is 10.4. The van der Waals surface area contributed by atoms with Gasteiger partial charge >= 0.3 is 0 Å². The normalized spacial score (nSPS) is 19.2. The summed E-state index contributed by atoms with van der Waals surface area (Å²) in [4.78, 5) is 13.8. The van der Waals surface area contributed by atoms with E-state index in [2.05, 4.69) is 0 Å². The Morgan fingerprint density at radius 1 is 1.47 bits per heavy atom. The minimum Gasteiger partial charge on any atom is -0.454 e. The van der Waals surface area contributed by atoms with E-state index in [0.29, 0.717) is 41.6 Å². The number of hydrogen-bond donors (Lipinski definition) is 1. The molecule has 0 aromatic heterocycles. The van der Waals surface area contributed by atoms with E-state index in [4.69, 9.17) is 21.1 Å². The molecule has 2 aliphatic heterocycles. The van der Waals surface area contributed by atoms with Crippen molar-refractivity contribution in [2.75, 3.05) is 19.9 Å². The zero-order valence-electron chi connectivity index (χ0n) is 10.5. The second-order valence-corrected chi connectivity index (χ2v) is 5.34. The number of halogens is 1. The summed E-state index contributed by atoms with van der Waals surface area (Å²) in [5.74, 6) is 0.812. The van der Waals surface area contributed by atoms with Crippen LogP contribution in [0.5, 0.6) is 11.5 Å². The fourth-order valence-electron chi connectivity index (χ4n) is 2.30. The molecular weight excluding hydrogens is 270 g/mol. The number of hydrogen-bond acceptors (Lipinski definition) is 4. The average molecular weight is 284 g/mol. The predicted octanol–water partition coefficient (Wildman–Crippen LogP) is 1.67. The molecule has 1 fully saturated rings. The number of benzene rings is 1. The highest BCUT2D eigenvalue weighted by Crippen LogP contribution is 2.40. The van der Waals surface area contributed by atoms with Crippen molar-refractivity contribution in [3.63, 3.8) is 0 Å². The fraction of sp³-hybridized carbons (Fsp3) is 0.462. The topological polar surface area (TPSA) is 59.0 Å². The van der Waals surface area contributed by atoms with Crippen LogP contribution in [0.25, 0.3) is 0 Å². The zero-order chi connectivity index (χ0) is 13.6. The van der Waals surface area contributed by atoms with Crippen molar-refractivity contribution in [2.45, 2.75) is 18.9 Å². The maximum atomic E-state index is 12.2. The molecule has 3 rings (SSSR count). The number of aliphatic hydroxyl groups is 1. The zero-order valence-corrected chi connectivity index (χ0v) is 11.2. The summed E-state index contributed by atoms with van der Waals surface area (Å²) in [6.07, 6.45) is 0.638. The van der Waals surface area contributed by atoms with Gasteiger partial charge in [-0.25, -0.2) is 0 Å². The van der Waals surface area contributed by atoms with Gasteiger partial charge in [0.05, 0.1) is 23.7 Å². The van der Waals surface area contributed by atoms with Crippen LogP contribution in [-0.2, 0) is 0 Å². The number of β-amino-alcohol motifs (C(OH)–C–C–N with tert-alkyl or cyclic N) is 1. The van der Waals surface area contributed by atoms with Crippen molar-refractivity contribution in [3.05, 3.63) is 22.7 Å². The Balaban J connectivity index is 1.80. The smallest absolute Gasteiger partial charge is 0.254 e. The van der Waals surface area contributed by atoms with Crippen LogP contribution >= 0.6 is 11.6 Å². The minimum atomic E-state index is -0.740. The van der Waals surface area contributed by atoms with Crippen molar-refractivity contribution in [3.8, 4) is 11.5 Å². The second kappa shape index (κ2) is 4.28. The van der Waals surface area contributed by atoms with Crippen molar-refractivity contribution in [2.24, 2.45) is 0 Å². The summed E-state index contributed by atoms with van der Waals surface area (Å²) in [6, 6.07) is 3.20. The predicted molar refractivity (Wildman–Crippen MR) is 68.7 cm³/mol. The SMILES string of the molecule is CCC1(O)CN(C(=O)c2cc(Cl)c3c(c2)OCO3)C1. The molecule has 0 aliphatic carbocycles. The van der Waals surface area contributed by atoms with Crippen LogP contribution in [0.3, 0.4) is 0 Å². The first-order chi connectivity index (χ1) is 9.02. The van der Waals surface area contributed by atoms with E-state index in [0.717, 1.165) is 0 Å². The molecule has 19 heavy (non-hydrogen) atoms. The van der Waals surface area contributed by atoms with Gasteiger partial charge in [0.15, 0.2) is 11.5 Å². The summed E-state index contributed by atoms with van der Waals surface area (Å²) in [5.41, 5.74) is -0.289. The average Bonchev–Trinajstić information content (AvgIpc) is 2.82. The lowest BCUT2D eigenvalue weighted by atomic mass is 9.90. The Morgan fingerprint density at radius 3 is 2.89 bits per heavy atom. The van der Waals surface area contributed by atoms with Crippen LogP contribution in [0, 0.1) is 0 Å². The summed E-state index contributed by atoms with van der Waals surface area (Å²) >= 11 is 6.04. The van der Waals surface area contributed by atoms with Crippen LogP contribution in [0.15, 0.2) is 12.1 Å². The summed E-state index contributed by atoms with van der Waals surface area (Å²) in [7, 11) is 0. The van der Waals surface area contributed by atoms with Gasteiger partial charge in [0.25, 0.3) is 5.91 Å². The maximum absolute atomic E-state index is 12.2. The third-order valence-electron chi connectivity index (χ3n) is 3.59. The molecule has 0 atom stereocenters. The molecule has 2 aliphatic rings.